The molecule has 3 heteroatoms. The highest BCUT2D eigenvalue weighted by Crippen LogP contribution is 2.05. The van der Waals surface area contributed by atoms with Crippen LogP contribution in [0.1, 0.15) is 18.4 Å². The first-order valence-electron chi connectivity index (χ1n) is 3.90. The van der Waals surface area contributed by atoms with E-state index in [4.69, 9.17) is 9.68 Å². The Labute approximate surface area is 72.0 Å². The van der Waals surface area contributed by atoms with Crippen LogP contribution >= 0.6 is 0 Å². The molecule has 3 nitrogen and oxygen atoms in total. The summed E-state index contributed by atoms with van der Waals surface area (Å²) in [4.78, 5) is 0. The summed E-state index contributed by atoms with van der Waals surface area (Å²) < 4.78 is 5.31. The number of aryl methyl sites for hydroxylation is 1. The van der Waals surface area contributed by atoms with Crippen LogP contribution in [0.5, 0.6) is 0 Å². The molecule has 0 aliphatic heterocycles. The first kappa shape index (κ1) is 8.82. The third-order valence-electron chi connectivity index (χ3n) is 1.57. The fraction of sp³-hybridized carbons (Fsp3) is 0.444. The zero-order chi connectivity index (χ0) is 8.97. The number of hydrogen-bond acceptors (Lipinski definition) is 3. The predicted molar refractivity (Wildman–Crippen MR) is 45.4 cm³/mol. The zero-order valence-electron chi connectivity index (χ0n) is 7.29. The van der Waals surface area contributed by atoms with Crippen molar-refractivity contribution >= 4 is 0 Å². The third-order valence-corrected chi connectivity index (χ3v) is 1.57. The average Bonchev–Trinajstić information content (AvgIpc) is 2.47. The Morgan fingerprint density at radius 3 is 2.92 bits per heavy atom. The lowest BCUT2D eigenvalue weighted by Crippen LogP contribution is -2.23. The molecule has 0 fully saturated rings. The van der Waals surface area contributed by atoms with Gasteiger partial charge in [-0.25, -0.2) is 0 Å². The number of hydrogen-bond donors (Lipinski definition) is 1. The van der Waals surface area contributed by atoms with Crippen LogP contribution in [-0.2, 0) is 6.54 Å². The van der Waals surface area contributed by atoms with Gasteiger partial charge in [-0.15, -0.1) is 0 Å². The van der Waals surface area contributed by atoms with Gasteiger partial charge in [-0.1, -0.05) is 0 Å². The number of nitriles is 1. The molecule has 0 spiro atoms. The van der Waals surface area contributed by atoms with Gasteiger partial charge in [-0.3, -0.25) is 5.32 Å². The Hall–Kier alpha value is -1.27. The van der Waals surface area contributed by atoms with E-state index in [0.29, 0.717) is 6.54 Å². The summed E-state index contributed by atoms with van der Waals surface area (Å²) >= 11 is 0. The topological polar surface area (TPSA) is 49.0 Å². The summed E-state index contributed by atoms with van der Waals surface area (Å²) in [7, 11) is 0. The van der Waals surface area contributed by atoms with E-state index < -0.39 is 0 Å². The van der Waals surface area contributed by atoms with Gasteiger partial charge in [0, 0.05) is 0 Å². The van der Waals surface area contributed by atoms with Gasteiger partial charge in [0.15, 0.2) is 0 Å². The summed E-state index contributed by atoms with van der Waals surface area (Å²) in [6.07, 6.45) is 0. The van der Waals surface area contributed by atoms with Gasteiger partial charge in [0.1, 0.15) is 11.5 Å². The monoisotopic (exact) mass is 164 g/mol. The van der Waals surface area contributed by atoms with Crippen molar-refractivity contribution in [1.82, 2.24) is 5.32 Å². The maximum atomic E-state index is 8.47. The first-order valence-corrected chi connectivity index (χ1v) is 3.90. The van der Waals surface area contributed by atoms with Gasteiger partial charge in [-0.2, -0.15) is 5.26 Å². The molecule has 1 unspecified atom stereocenters. The molecule has 0 saturated carbocycles. The molecule has 1 heterocycles. The highest BCUT2D eigenvalue weighted by Gasteiger charge is 2.00. The van der Waals surface area contributed by atoms with E-state index in [-0.39, 0.29) is 6.04 Å². The summed E-state index contributed by atoms with van der Waals surface area (Å²) in [5.74, 6) is 1.77. The molecule has 0 amide bonds. The van der Waals surface area contributed by atoms with Gasteiger partial charge in [0.2, 0.25) is 0 Å². The third kappa shape index (κ3) is 2.40. The molecule has 1 N–H and O–H groups in total. The van der Waals surface area contributed by atoms with Gasteiger partial charge < -0.3 is 4.42 Å². The second kappa shape index (κ2) is 3.93. The van der Waals surface area contributed by atoms with E-state index in [1.807, 2.05) is 26.0 Å². The molecule has 64 valence electrons. The number of nitrogens with one attached hydrogen (secondary N) is 1. The maximum Gasteiger partial charge on any atom is 0.117 e. The van der Waals surface area contributed by atoms with Crippen molar-refractivity contribution in [3.63, 3.8) is 0 Å². The Morgan fingerprint density at radius 1 is 1.67 bits per heavy atom. The molecule has 1 aromatic heterocycles. The van der Waals surface area contributed by atoms with Crippen LogP contribution in [0.25, 0.3) is 0 Å². The Bertz CT molecular complexity index is 285. The van der Waals surface area contributed by atoms with Crippen LogP contribution in [-0.4, -0.2) is 6.04 Å². The molecule has 1 rings (SSSR count). The van der Waals surface area contributed by atoms with E-state index in [1.54, 1.807) is 0 Å². The van der Waals surface area contributed by atoms with Gasteiger partial charge in [-0.05, 0) is 26.0 Å². The summed E-state index contributed by atoms with van der Waals surface area (Å²) in [6, 6.07) is 5.78. The number of nitrogens with zero attached hydrogens (tertiary/aromatic N) is 1. The van der Waals surface area contributed by atoms with Crippen LogP contribution in [0.4, 0.5) is 0 Å². The van der Waals surface area contributed by atoms with Crippen molar-refractivity contribution in [1.29, 1.82) is 5.26 Å². The number of furan rings is 1. The molecule has 0 radical (unpaired) electrons. The smallest absolute Gasteiger partial charge is 0.117 e. The Morgan fingerprint density at radius 2 is 2.42 bits per heavy atom. The fourth-order valence-corrected chi connectivity index (χ4v) is 0.879. The van der Waals surface area contributed by atoms with Gasteiger partial charge in [0.05, 0.1) is 18.7 Å². The molecule has 0 aliphatic rings. The molecule has 1 atom stereocenters. The minimum absolute atomic E-state index is 0.129. The lowest BCUT2D eigenvalue weighted by molar-refractivity contribution is 0.456. The first-order chi connectivity index (χ1) is 5.72. The standard InChI is InChI=1S/C9H12N2O/c1-7(5-10)11-6-9-4-3-8(2)12-9/h3-4,7,11H,6H2,1-2H3. The van der Waals surface area contributed by atoms with Gasteiger partial charge >= 0.3 is 0 Å². The van der Waals surface area contributed by atoms with E-state index in [2.05, 4.69) is 11.4 Å². The molecule has 0 bridgehead atoms. The predicted octanol–water partition coefficient (Wildman–Crippen LogP) is 1.59. The molecule has 0 saturated heterocycles. The van der Waals surface area contributed by atoms with Gasteiger partial charge in [0.25, 0.3) is 0 Å². The second-order valence-corrected chi connectivity index (χ2v) is 2.74. The SMILES string of the molecule is Cc1ccc(CNC(C)C#N)o1. The maximum absolute atomic E-state index is 8.47. The van der Waals surface area contributed by atoms with Crippen molar-refractivity contribution in [3.05, 3.63) is 23.7 Å². The molecular weight excluding hydrogens is 152 g/mol. The van der Waals surface area contributed by atoms with Crippen molar-refractivity contribution in [3.8, 4) is 6.07 Å². The van der Waals surface area contributed by atoms with Crippen molar-refractivity contribution in [2.24, 2.45) is 0 Å². The van der Waals surface area contributed by atoms with E-state index in [1.165, 1.54) is 0 Å². The number of rotatable bonds is 3. The summed E-state index contributed by atoms with van der Waals surface area (Å²) in [5, 5.41) is 11.5. The summed E-state index contributed by atoms with van der Waals surface area (Å²) in [6.45, 7) is 4.33. The van der Waals surface area contributed by atoms with E-state index >= 15 is 0 Å². The zero-order valence-corrected chi connectivity index (χ0v) is 7.29. The molecular formula is C9H12N2O. The lowest BCUT2D eigenvalue weighted by Gasteiger charge is -2.02. The molecule has 1 aromatic rings. The summed E-state index contributed by atoms with van der Waals surface area (Å²) in [5.41, 5.74) is 0. The normalized spacial score (nSPS) is 12.4. The van der Waals surface area contributed by atoms with Crippen LogP contribution < -0.4 is 5.32 Å². The largest absolute Gasteiger partial charge is 0.465 e. The van der Waals surface area contributed by atoms with Crippen LogP contribution in [0.15, 0.2) is 16.5 Å². The molecule has 0 aliphatic carbocycles. The van der Waals surface area contributed by atoms with Crippen molar-refractivity contribution in [2.45, 2.75) is 26.4 Å². The van der Waals surface area contributed by atoms with Crippen LogP contribution in [0.3, 0.4) is 0 Å². The quantitative estimate of drug-likeness (QED) is 0.738. The van der Waals surface area contributed by atoms with E-state index in [9.17, 15) is 0 Å². The molecule has 12 heavy (non-hydrogen) atoms. The van der Waals surface area contributed by atoms with Crippen LogP contribution in [0, 0.1) is 18.3 Å². The minimum atomic E-state index is -0.129. The highest BCUT2D eigenvalue weighted by molar-refractivity contribution is 5.05. The Kier molecular flexibility index (Phi) is 2.89. The molecule has 0 aromatic carbocycles. The van der Waals surface area contributed by atoms with Crippen LogP contribution in [0.2, 0.25) is 0 Å². The second-order valence-electron chi connectivity index (χ2n) is 2.74. The van der Waals surface area contributed by atoms with E-state index in [0.717, 1.165) is 11.5 Å². The highest BCUT2D eigenvalue weighted by atomic mass is 16.3. The minimum Gasteiger partial charge on any atom is -0.465 e. The Balaban J connectivity index is 2.39. The lowest BCUT2D eigenvalue weighted by atomic mass is 10.3. The van der Waals surface area contributed by atoms with Crippen molar-refractivity contribution < 1.29 is 4.42 Å². The fourth-order valence-electron chi connectivity index (χ4n) is 0.879. The van der Waals surface area contributed by atoms with Crippen molar-refractivity contribution in [2.75, 3.05) is 0 Å². The average molecular weight is 164 g/mol.